The third kappa shape index (κ3) is 4.24. The lowest BCUT2D eigenvalue weighted by Gasteiger charge is -2.36. The molecule has 0 N–H and O–H groups in total. The summed E-state index contributed by atoms with van der Waals surface area (Å²) < 4.78 is 5.26. The number of urea groups is 1. The van der Waals surface area contributed by atoms with Crippen molar-refractivity contribution in [2.75, 3.05) is 21.8 Å². The summed E-state index contributed by atoms with van der Waals surface area (Å²) in [5, 5.41) is 0. The van der Waals surface area contributed by atoms with Crippen molar-refractivity contribution >= 4 is 40.8 Å². The second kappa shape index (κ2) is 9.87. The van der Waals surface area contributed by atoms with Crippen molar-refractivity contribution in [3.05, 3.63) is 96.7 Å². The topological polar surface area (TPSA) is 78.9 Å². The average Bonchev–Trinajstić information content (AvgIpc) is 2.94. The number of methoxy groups -OCH3 is 1. The van der Waals surface area contributed by atoms with Crippen LogP contribution < -0.4 is 19.4 Å². The zero-order valence-electron chi connectivity index (χ0n) is 20.0. The van der Waals surface area contributed by atoms with Crippen LogP contribution in [0.3, 0.4) is 0 Å². The molecule has 0 spiro atoms. The van der Waals surface area contributed by atoms with Gasteiger partial charge in [0.15, 0.2) is 5.82 Å². The number of fused-ring (bicyclic) bond motifs is 1. The average molecular weight is 480 g/mol. The van der Waals surface area contributed by atoms with E-state index in [-0.39, 0.29) is 30.9 Å². The molecule has 1 aliphatic heterocycles. The number of rotatable bonds is 6. The van der Waals surface area contributed by atoms with Crippen molar-refractivity contribution in [3.8, 4) is 5.75 Å². The van der Waals surface area contributed by atoms with Crippen LogP contribution in [-0.4, -0.2) is 29.0 Å². The molecule has 4 aromatic rings. The van der Waals surface area contributed by atoms with Crippen LogP contribution in [0.2, 0.25) is 0 Å². The van der Waals surface area contributed by atoms with E-state index in [1.165, 1.54) is 4.90 Å². The van der Waals surface area contributed by atoms with Gasteiger partial charge in [-0.2, -0.15) is 4.98 Å². The van der Waals surface area contributed by atoms with Crippen molar-refractivity contribution < 1.29 is 14.3 Å². The maximum absolute atomic E-state index is 13.9. The van der Waals surface area contributed by atoms with E-state index in [0.29, 0.717) is 22.9 Å². The molecule has 0 aliphatic carbocycles. The number of amides is 3. The van der Waals surface area contributed by atoms with E-state index in [4.69, 9.17) is 9.72 Å². The van der Waals surface area contributed by atoms with Crippen molar-refractivity contribution in [3.63, 3.8) is 0 Å². The maximum atomic E-state index is 13.9. The van der Waals surface area contributed by atoms with Crippen LogP contribution in [0.15, 0.2) is 91.1 Å². The van der Waals surface area contributed by atoms with Crippen molar-refractivity contribution in [2.24, 2.45) is 0 Å². The molecule has 8 heteroatoms. The molecule has 0 atom stereocenters. The number of ether oxygens (including phenoxy) is 1. The minimum Gasteiger partial charge on any atom is -0.497 e. The van der Waals surface area contributed by atoms with Crippen molar-refractivity contribution in [1.29, 1.82) is 0 Å². The van der Waals surface area contributed by atoms with Gasteiger partial charge in [0.05, 0.1) is 25.0 Å². The number of anilines is 5. The highest BCUT2D eigenvalue weighted by atomic mass is 16.5. The molecule has 2 heterocycles. The van der Waals surface area contributed by atoms with Gasteiger partial charge in [0.2, 0.25) is 11.9 Å². The monoisotopic (exact) mass is 479 g/mol. The van der Waals surface area contributed by atoms with Gasteiger partial charge in [-0.15, -0.1) is 0 Å². The van der Waals surface area contributed by atoms with Crippen LogP contribution in [0.5, 0.6) is 5.75 Å². The first-order valence-electron chi connectivity index (χ1n) is 11.7. The minimum absolute atomic E-state index is 0.144. The zero-order valence-corrected chi connectivity index (χ0v) is 20.0. The molecule has 0 saturated heterocycles. The van der Waals surface area contributed by atoms with Crippen LogP contribution in [-0.2, 0) is 11.3 Å². The molecule has 0 saturated carbocycles. The van der Waals surface area contributed by atoms with Crippen molar-refractivity contribution in [2.45, 2.75) is 19.9 Å². The van der Waals surface area contributed by atoms with E-state index in [1.54, 1.807) is 30.0 Å². The quantitative estimate of drug-likeness (QED) is 0.347. The molecule has 36 heavy (non-hydrogen) atoms. The summed E-state index contributed by atoms with van der Waals surface area (Å²) in [4.78, 5) is 40.9. The van der Waals surface area contributed by atoms with E-state index in [0.717, 1.165) is 11.3 Å². The molecular formula is C28H25N5O3. The Morgan fingerprint density at radius 2 is 1.61 bits per heavy atom. The number of hydrogen-bond donors (Lipinski definition) is 0. The molecule has 0 fully saturated rings. The predicted molar refractivity (Wildman–Crippen MR) is 139 cm³/mol. The van der Waals surface area contributed by atoms with E-state index >= 15 is 0 Å². The largest absolute Gasteiger partial charge is 0.497 e. The first-order valence-corrected chi connectivity index (χ1v) is 11.7. The van der Waals surface area contributed by atoms with Crippen LogP contribution in [0, 0.1) is 0 Å². The number of benzene rings is 3. The molecule has 0 bridgehead atoms. The third-order valence-electron chi connectivity index (χ3n) is 5.96. The minimum atomic E-state index is -0.253. The second-order valence-corrected chi connectivity index (χ2v) is 8.17. The highest BCUT2D eigenvalue weighted by Crippen LogP contribution is 2.37. The Balaban J connectivity index is 1.63. The van der Waals surface area contributed by atoms with E-state index in [9.17, 15) is 9.59 Å². The lowest BCUT2D eigenvalue weighted by molar-refractivity contribution is -0.117. The van der Waals surface area contributed by atoms with Crippen LogP contribution in [0.25, 0.3) is 0 Å². The maximum Gasteiger partial charge on any atom is 0.335 e. The fourth-order valence-corrected chi connectivity index (χ4v) is 4.13. The SMILES string of the molecule is CCC(=O)N(c1ccccc1)c1ncc2c(n1)N(c1ccccc1)C(=O)N(c1ccc(OC)cc1)C2. The number of hydrogen-bond acceptors (Lipinski definition) is 5. The Labute approximate surface area is 209 Å². The number of nitrogens with zero attached hydrogens (tertiary/aromatic N) is 5. The fourth-order valence-electron chi connectivity index (χ4n) is 4.13. The Morgan fingerprint density at radius 1 is 0.944 bits per heavy atom. The number of aromatic nitrogens is 2. The third-order valence-corrected chi connectivity index (χ3v) is 5.96. The summed E-state index contributed by atoms with van der Waals surface area (Å²) in [5.41, 5.74) is 2.82. The molecule has 3 amide bonds. The summed E-state index contributed by atoms with van der Waals surface area (Å²) in [6.07, 6.45) is 1.97. The molecule has 180 valence electrons. The molecule has 1 aliphatic rings. The Morgan fingerprint density at radius 3 is 2.25 bits per heavy atom. The molecule has 5 rings (SSSR count). The summed E-state index contributed by atoms with van der Waals surface area (Å²) in [6.45, 7) is 2.08. The van der Waals surface area contributed by atoms with Gasteiger partial charge in [0.1, 0.15) is 5.75 Å². The van der Waals surface area contributed by atoms with E-state index in [2.05, 4.69) is 4.98 Å². The van der Waals surface area contributed by atoms with Gasteiger partial charge in [-0.25, -0.2) is 19.6 Å². The molecular weight excluding hydrogens is 454 g/mol. The molecule has 8 nitrogen and oxygen atoms in total. The number of carbonyl (C=O) groups is 2. The van der Waals surface area contributed by atoms with Gasteiger partial charge in [0.25, 0.3) is 0 Å². The normalized spacial score (nSPS) is 12.8. The van der Waals surface area contributed by atoms with Gasteiger partial charge < -0.3 is 4.74 Å². The van der Waals surface area contributed by atoms with E-state index < -0.39 is 0 Å². The first kappa shape index (κ1) is 23.0. The van der Waals surface area contributed by atoms with Crippen LogP contribution in [0.4, 0.5) is 33.6 Å². The van der Waals surface area contributed by atoms with E-state index in [1.807, 2.05) is 84.9 Å². The molecule has 3 aromatic carbocycles. The lowest BCUT2D eigenvalue weighted by atomic mass is 10.1. The predicted octanol–water partition coefficient (Wildman–Crippen LogP) is 5.84. The van der Waals surface area contributed by atoms with Gasteiger partial charge in [-0.05, 0) is 48.5 Å². The summed E-state index contributed by atoms with van der Waals surface area (Å²) in [5.74, 6) is 1.23. The Kier molecular flexibility index (Phi) is 6.32. The lowest BCUT2D eigenvalue weighted by Crippen LogP contribution is -2.45. The Bertz CT molecular complexity index is 1380. The number of carbonyl (C=O) groups excluding carboxylic acids is 2. The molecule has 0 unspecified atom stereocenters. The smallest absolute Gasteiger partial charge is 0.335 e. The summed E-state index contributed by atoms with van der Waals surface area (Å²) >= 11 is 0. The van der Waals surface area contributed by atoms with Gasteiger partial charge >= 0.3 is 6.03 Å². The standard InChI is InChI=1S/C28H25N5O3/c1-3-25(34)32(22-10-6-4-7-11-22)27-29-18-20-19-31(21-14-16-24(36-2)17-15-21)28(35)33(26(20)30-27)23-12-8-5-9-13-23/h4-18H,3,19H2,1-2H3. The Hall–Kier alpha value is -4.72. The summed E-state index contributed by atoms with van der Waals surface area (Å²) in [6, 6.07) is 25.7. The highest BCUT2D eigenvalue weighted by Gasteiger charge is 2.35. The first-order chi connectivity index (χ1) is 17.6. The fraction of sp³-hybridized carbons (Fsp3) is 0.143. The summed E-state index contributed by atoms with van der Waals surface area (Å²) in [7, 11) is 1.60. The van der Waals surface area contributed by atoms with Crippen LogP contribution in [0.1, 0.15) is 18.9 Å². The van der Waals surface area contributed by atoms with Crippen molar-refractivity contribution in [1.82, 2.24) is 9.97 Å². The van der Waals surface area contributed by atoms with Gasteiger partial charge in [0, 0.05) is 23.9 Å². The van der Waals surface area contributed by atoms with Crippen LogP contribution >= 0.6 is 0 Å². The van der Waals surface area contributed by atoms with Gasteiger partial charge in [-0.1, -0.05) is 43.3 Å². The second-order valence-electron chi connectivity index (χ2n) is 8.17. The molecule has 1 aromatic heterocycles. The highest BCUT2D eigenvalue weighted by molar-refractivity contribution is 6.10. The number of para-hydroxylation sites is 2. The molecule has 0 radical (unpaired) electrons. The van der Waals surface area contributed by atoms with Gasteiger partial charge in [-0.3, -0.25) is 9.69 Å². The zero-order chi connectivity index (χ0) is 25.1.